The molecule has 146 valence electrons. The summed E-state index contributed by atoms with van der Waals surface area (Å²) < 4.78 is 2.58. The lowest BCUT2D eigenvalue weighted by molar-refractivity contribution is -1.04. The molecule has 2 aromatic rings. The standard InChI is InChI=1S/C24H32N4/c1-3-7-21(8-4-1)19-27-15-11-25-14-18-28(20-22-9-5-2-6-10-22)16-12-26(13-17-27)24(28)23(25)27/h1-10,23-24H,11-20H2/q+2. The SMILES string of the molecule is c1ccc(C[N+]23CCN4CC[N+]5(Cc6ccccc6)CCN(CC2)C5C43)cc1. The fourth-order valence-corrected chi connectivity index (χ4v) is 6.85. The molecule has 0 aliphatic carbocycles. The number of rotatable bonds is 4. The van der Waals surface area contributed by atoms with Crippen LogP contribution in [0.4, 0.5) is 0 Å². The van der Waals surface area contributed by atoms with Crippen LogP contribution in [0, 0.1) is 0 Å². The van der Waals surface area contributed by atoms with Gasteiger partial charge < -0.3 is 0 Å². The van der Waals surface area contributed by atoms with E-state index >= 15 is 0 Å². The third-order valence-electron chi connectivity index (χ3n) is 8.15. The molecule has 4 nitrogen and oxygen atoms in total. The highest BCUT2D eigenvalue weighted by Crippen LogP contribution is 2.44. The van der Waals surface area contributed by atoms with Crippen LogP contribution < -0.4 is 0 Å². The van der Waals surface area contributed by atoms with E-state index in [2.05, 4.69) is 70.5 Å². The van der Waals surface area contributed by atoms with E-state index in [9.17, 15) is 0 Å². The predicted octanol–water partition coefficient (Wildman–Crippen LogP) is 2.33. The zero-order valence-electron chi connectivity index (χ0n) is 16.8. The van der Waals surface area contributed by atoms with E-state index in [1.165, 1.54) is 85.5 Å². The van der Waals surface area contributed by atoms with Gasteiger partial charge in [0.1, 0.15) is 13.1 Å². The summed E-state index contributed by atoms with van der Waals surface area (Å²) in [5.41, 5.74) is 3.03. The molecule has 28 heavy (non-hydrogen) atoms. The zero-order chi connectivity index (χ0) is 18.6. The first kappa shape index (κ1) is 17.2. The fraction of sp³-hybridized carbons (Fsp3) is 0.500. The monoisotopic (exact) mass is 376 g/mol. The van der Waals surface area contributed by atoms with Gasteiger partial charge in [0.25, 0.3) is 0 Å². The average Bonchev–Trinajstić information content (AvgIpc) is 3.28. The second-order valence-corrected chi connectivity index (χ2v) is 9.52. The Morgan fingerprint density at radius 2 is 0.929 bits per heavy atom. The minimum Gasteiger partial charge on any atom is -0.296 e. The van der Waals surface area contributed by atoms with Crippen molar-refractivity contribution in [3.63, 3.8) is 0 Å². The Bertz CT molecular complexity index is 769. The molecule has 4 fully saturated rings. The van der Waals surface area contributed by atoms with E-state index in [1.807, 2.05) is 0 Å². The van der Waals surface area contributed by atoms with E-state index in [0.717, 1.165) is 0 Å². The molecule has 0 saturated carbocycles. The van der Waals surface area contributed by atoms with Gasteiger partial charge in [-0.2, -0.15) is 0 Å². The summed E-state index contributed by atoms with van der Waals surface area (Å²) in [5, 5.41) is 0. The minimum absolute atomic E-state index is 0.675. The molecule has 0 amide bonds. The van der Waals surface area contributed by atoms with Crippen molar-refractivity contribution in [3.8, 4) is 0 Å². The van der Waals surface area contributed by atoms with Gasteiger partial charge in [-0.3, -0.25) is 8.97 Å². The molecule has 2 unspecified atom stereocenters. The highest BCUT2D eigenvalue weighted by atomic mass is 15.7. The molecule has 4 heterocycles. The van der Waals surface area contributed by atoms with Gasteiger partial charge in [0.15, 0.2) is 0 Å². The maximum atomic E-state index is 2.85. The number of hydrogen-bond acceptors (Lipinski definition) is 2. The summed E-state index contributed by atoms with van der Waals surface area (Å²) in [5.74, 6) is 0. The lowest BCUT2D eigenvalue weighted by atomic mass is 10.0. The van der Waals surface area contributed by atoms with E-state index in [4.69, 9.17) is 0 Å². The molecular formula is C24H32N4+2. The van der Waals surface area contributed by atoms with E-state index < -0.39 is 0 Å². The zero-order valence-corrected chi connectivity index (χ0v) is 16.8. The van der Waals surface area contributed by atoms with Gasteiger partial charge in [-0.1, -0.05) is 60.7 Å². The van der Waals surface area contributed by atoms with Crippen molar-refractivity contribution in [1.29, 1.82) is 0 Å². The van der Waals surface area contributed by atoms with Crippen LogP contribution >= 0.6 is 0 Å². The molecule has 6 rings (SSSR count). The Labute approximate surface area is 168 Å². The van der Waals surface area contributed by atoms with E-state index in [-0.39, 0.29) is 0 Å². The van der Waals surface area contributed by atoms with Gasteiger partial charge in [-0.05, 0) is 0 Å². The molecule has 0 N–H and O–H groups in total. The molecule has 0 aromatic heterocycles. The van der Waals surface area contributed by atoms with Crippen molar-refractivity contribution in [2.24, 2.45) is 0 Å². The third-order valence-corrected chi connectivity index (χ3v) is 8.15. The third kappa shape index (κ3) is 2.52. The van der Waals surface area contributed by atoms with Crippen LogP contribution in [0.2, 0.25) is 0 Å². The number of hydrogen-bond donors (Lipinski definition) is 0. The van der Waals surface area contributed by atoms with Crippen molar-refractivity contribution >= 4 is 0 Å². The highest BCUT2D eigenvalue weighted by Gasteiger charge is 2.67. The number of quaternary nitrogens is 2. The van der Waals surface area contributed by atoms with Gasteiger partial charge in [0.05, 0.1) is 52.4 Å². The maximum absolute atomic E-state index is 2.85. The first-order valence-electron chi connectivity index (χ1n) is 11.1. The number of nitrogens with zero attached hydrogens (tertiary/aromatic N) is 4. The molecule has 4 heteroatoms. The average molecular weight is 377 g/mol. The lowest BCUT2D eigenvalue weighted by Crippen LogP contribution is -2.77. The van der Waals surface area contributed by atoms with Crippen LogP contribution in [-0.2, 0) is 13.1 Å². The molecule has 2 atom stereocenters. The van der Waals surface area contributed by atoms with Crippen molar-refractivity contribution in [2.75, 3.05) is 52.4 Å². The van der Waals surface area contributed by atoms with Gasteiger partial charge in [0.2, 0.25) is 12.3 Å². The summed E-state index contributed by atoms with van der Waals surface area (Å²) >= 11 is 0. The molecule has 0 spiro atoms. The molecule has 4 saturated heterocycles. The Morgan fingerprint density at radius 1 is 0.571 bits per heavy atom. The Morgan fingerprint density at radius 3 is 1.29 bits per heavy atom. The van der Waals surface area contributed by atoms with Gasteiger partial charge in [-0.15, -0.1) is 0 Å². The molecule has 2 aromatic carbocycles. The molecular weight excluding hydrogens is 344 g/mol. The highest BCUT2D eigenvalue weighted by molar-refractivity contribution is 5.15. The maximum Gasteiger partial charge on any atom is 0.214 e. The second kappa shape index (κ2) is 6.39. The summed E-state index contributed by atoms with van der Waals surface area (Å²) in [6.45, 7) is 12.8. The van der Waals surface area contributed by atoms with Crippen molar-refractivity contribution in [3.05, 3.63) is 71.8 Å². The first-order chi connectivity index (χ1) is 13.8. The summed E-state index contributed by atoms with van der Waals surface area (Å²) in [6, 6.07) is 22.5. The first-order valence-corrected chi connectivity index (χ1v) is 11.1. The topological polar surface area (TPSA) is 6.48 Å². The van der Waals surface area contributed by atoms with Gasteiger partial charge in [0, 0.05) is 11.1 Å². The van der Waals surface area contributed by atoms with Crippen LogP contribution in [0.15, 0.2) is 60.7 Å². The van der Waals surface area contributed by atoms with Crippen molar-refractivity contribution in [1.82, 2.24) is 9.80 Å². The van der Waals surface area contributed by atoms with Crippen LogP contribution in [0.5, 0.6) is 0 Å². The van der Waals surface area contributed by atoms with Crippen LogP contribution in [0.25, 0.3) is 0 Å². The van der Waals surface area contributed by atoms with Gasteiger partial charge >= 0.3 is 0 Å². The number of piperazine rings is 2. The van der Waals surface area contributed by atoms with Crippen molar-refractivity contribution in [2.45, 2.75) is 25.4 Å². The summed E-state index contributed by atoms with van der Waals surface area (Å²) in [6.07, 6.45) is 1.35. The quantitative estimate of drug-likeness (QED) is 0.756. The van der Waals surface area contributed by atoms with Gasteiger partial charge in [-0.25, -0.2) is 9.80 Å². The number of benzene rings is 2. The fourth-order valence-electron chi connectivity index (χ4n) is 6.85. The summed E-state index contributed by atoms with van der Waals surface area (Å²) in [4.78, 5) is 5.71. The smallest absolute Gasteiger partial charge is 0.214 e. The van der Waals surface area contributed by atoms with E-state index in [1.54, 1.807) is 0 Å². The van der Waals surface area contributed by atoms with E-state index in [0.29, 0.717) is 12.3 Å². The Balaban J connectivity index is 1.37. The predicted molar refractivity (Wildman–Crippen MR) is 111 cm³/mol. The molecule has 4 aliphatic rings. The molecule has 4 aliphatic heterocycles. The lowest BCUT2D eigenvalue weighted by Gasteiger charge is -2.56. The second-order valence-electron chi connectivity index (χ2n) is 9.52. The Hall–Kier alpha value is -1.72. The normalized spacial score (nSPS) is 37.1. The minimum atomic E-state index is 0.675. The summed E-state index contributed by atoms with van der Waals surface area (Å²) in [7, 11) is 0. The van der Waals surface area contributed by atoms with Crippen LogP contribution in [0.1, 0.15) is 11.1 Å². The molecule has 0 bridgehead atoms. The Kier molecular flexibility index (Phi) is 3.92. The largest absolute Gasteiger partial charge is 0.296 e. The van der Waals surface area contributed by atoms with Crippen molar-refractivity contribution < 1.29 is 8.97 Å². The molecule has 0 radical (unpaired) electrons. The van der Waals surface area contributed by atoms with Crippen LogP contribution in [-0.4, -0.2) is 83.5 Å². The van der Waals surface area contributed by atoms with Crippen LogP contribution in [0.3, 0.4) is 0 Å².